The SMILES string of the molecule is C[C@@H]1OC=C(O)C(O)C1O. The van der Waals surface area contributed by atoms with Crippen molar-refractivity contribution in [1.82, 2.24) is 0 Å². The summed E-state index contributed by atoms with van der Waals surface area (Å²) in [6, 6.07) is 0. The lowest BCUT2D eigenvalue weighted by atomic mass is 10.1. The molecule has 4 heteroatoms. The van der Waals surface area contributed by atoms with Crippen molar-refractivity contribution < 1.29 is 20.1 Å². The van der Waals surface area contributed by atoms with Crippen molar-refractivity contribution in [3.63, 3.8) is 0 Å². The van der Waals surface area contributed by atoms with E-state index in [9.17, 15) is 0 Å². The summed E-state index contributed by atoms with van der Waals surface area (Å²) >= 11 is 0. The molecule has 0 aromatic carbocycles. The maximum atomic E-state index is 9.04. The maximum Gasteiger partial charge on any atom is 0.158 e. The maximum absolute atomic E-state index is 9.04. The van der Waals surface area contributed by atoms with Crippen LogP contribution in [0.3, 0.4) is 0 Å². The molecule has 0 aromatic rings. The van der Waals surface area contributed by atoms with Gasteiger partial charge < -0.3 is 20.1 Å². The molecule has 1 aliphatic heterocycles. The molecule has 10 heavy (non-hydrogen) atoms. The van der Waals surface area contributed by atoms with Gasteiger partial charge >= 0.3 is 0 Å². The summed E-state index contributed by atoms with van der Waals surface area (Å²) in [5.41, 5.74) is 0. The van der Waals surface area contributed by atoms with Crippen molar-refractivity contribution in [2.24, 2.45) is 0 Å². The molecule has 1 heterocycles. The summed E-state index contributed by atoms with van der Waals surface area (Å²) < 4.78 is 4.75. The first-order valence-electron chi connectivity index (χ1n) is 3.03. The highest BCUT2D eigenvalue weighted by molar-refractivity contribution is 5.02. The van der Waals surface area contributed by atoms with E-state index in [1.807, 2.05) is 0 Å². The number of ether oxygens (including phenoxy) is 1. The zero-order chi connectivity index (χ0) is 7.72. The fourth-order valence-electron chi connectivity index (χ4n) is 0.759. The third-order valence-corrected chi connectivity index (χ3v) is 1.51. The van der Waals surface area contributed by atoms with E-state index in [1.165, 1.54) is 0 Å². The van der Waals surface area contributed by atoms with E-state index >= 15 is 0 Å². The van der Waals surface area contributed by atoms with Gasteiger partial charge in [0.1, 0.15) is 24.6 Å². The Labute approximate surface area is 58.4 Å². The Bertz CT molecular complexity index is 154. The van der Waals surface area contributed by atoms with E-state index in [1.54, 1.807) is 6.92 Å². The third kappa shape index (κ3) is 1.08. The standard InChI is InChI=1S/C6H10O4/c1-3-5(8)6(9)4(7)2-10-3/h2-3,5-9H,1H3/t3-,5?,6?/m0/s1. The molecule has 4 nitrogen and oxygen atoms in total. The summed E-state index contributed by atoms with van der Waals surface area (Å²) in [5.74, 6) is -0.328. The molecule has 2 unspecified atom stereocenters. The highest BCUT2D eigenvalue weighted by atomic mass is 16.5. The Balaban J connectivity index is 2.71. The van der Waals surface area contributed by atoms with Gasteiger partial charge in [0.25, 0.3) is 0 Å². The molecule has 0 aliphatic carbocycles. The van der Waals surface area contributed by atoms with Gasteiger partial charge in [-0.3, -0.25) is 0 Å². The van der Waals surface area contributed by atoms with E-state index < -0.39 is 18.3 Å². The lowest BCUT2D eigenvalue weighted by Gasteiger charge is -2.27. The first-order valence-corrected chi connectivity index (χ1v) is 3.03. The van der Waals surface area contributed by atoms with Crippen molar-refractivity contribution in [2.75, 3.05) is 0 Å². The molecule has 0 radical (unpaired) electrons. The summed E-state index contributed by atoms with van der Waals surface area (Å²) in [7, 11) is 0. The van der Waals surface area contributed by atoms with Gasteiger partial charge in [-0.1, -0.05) is 0 Å². The van der Waals surface area contributed by atoms with Crippen molar-refractivity contribution >= 4 is 0 Å². The van der Waals surface area contributed by atoms with Crippen LogP contribution in [0, 0.1) is 0 Å². The van der Waals surface area contributed by atoms with Crippen LogP contribution in [-0.4, -0.2) is 33.6 Å². The number of rotatable bonds is 0. The minimum Gasteiger partial charge on any atom is -0.506 e. The lowest BCUT2D eigenvalue weighted by molar-refractivity contribution is -0.0785. The van der Waals surface area contributed by atoms with E-state index in [2.05, 4.69) is 0 Å². The monoisotopic (exact) mass is 146 g/mol. The average molecular weight is 146 g/mol. The predicted octanol–water partition coefficient (Wildman–Crippen LogP) is -0.474. The van der Waals surface area contributed by atoms with Crippen molar-refractivity contribution in [1.29, 1.82) is 0 Å². The average Bonchev–Trinajstić information content (AvgIpc) is 1.93. The molecule has 58 valence electrons. The number of hydrogen-bond donors (Lipinski definition) is 3. The molecular weight excluding hydrogens is 136 g/mol. The second kappa shape index (κ2) is 2.48. The van der Waals surface area contributed by atoms with Gasteiger partial charge in [-0.15, -0.1) is 0 Å². The summed E-state index contributed by atoms with van der Waals surface area (Å²) in [5, 5.41) is 26.8. The summed E-state index contributed by atoms with van der Waals surface area (Å²) in [4.78, 5) is 0. The van der Waals surface area contributed by atoms with Gasteiger partial charge in [0.05, 0.1) is 0 Å². The number of hydrogen-bond acceptors (Lipinski definition) is 4. The van der Waals surface area contributed by atoms with Gasteiger partial charge in [-0.25, -0.2) is 0 Å². The molecule has 0 saturated heterocycles. The minimum atomic E-state index is -1.20. The highest BCUT2D eigenvalue weighted by Crippen LogP contribution is 2.15. The van der Waals surface area contributed by atoms with Crippen LogP contribution in [0.15, 0.2) is 12.0 Å². The van der Waals surface area contributed by atoms with Crippen LogP contribution < -0.4 is 0 Å². The zero-order valence-corrected chi connectivity index (χ0v) is 5.56. The van der Waals surface area contributed by atoms with Gasteiger partial charge in [-0.05, 0) is 6.92 Å². The smallest absolute Gasteiger partial charge is 0.158 e. The molecule has 0 spiro atoms. The van der Waals surface area contributed by atoms with Gasteiger partial charge in [-0.2, -0.15) is 0 Å². The Morgan fingerprint density at radius 2 is 2.10 bits per heavy atom. The van der Waals surface area contributed by atoms with Crippen LogP contribution in [0.25, 0.3) is 0 Å². The van der Waals surface area contributed by atoms with E-state index in [0.29, 0.717) is 0 Å². The molecule has 1 rings (SSSR count). The largest absolute Gasteiger partial charge is 0.506 e. The summed E-state index contributed by atoms with van der Waals surface area (Å²) in [6.45, 7) is 1.61. The van der Waals surface area contributed by atoms with Crippen molar-refractivity contribution in [2.45, 2.75) is 25.2 Å². The molecule has 0 bridgehead atoms. The molecule has 3 N–H and O–H groups in total. The second-order valence-corrected chi connectivity index (χ2v) is 2.32. The Morgan fingerprint density at radius 3 is 2.60 bits per heavy atom. The minimum absolute atomic E-state index is 0.328. The normalized spacial score (nSPS) is 40.3. The van der Waals surface area contributed by atoms with Gasteiger partial charge in [0, 0.05) is 0 Å². The first-order chi connectivity index (χ1) is 4.63. The first kappa shape index (κ1) is 7.37. The molecule has 0 amide bonds. The topological polar surface area (TPSA) is 69.9 Å². The van der Waals surface area contributed by atoms with Gasteiger partial charge in [0.15, 0.2) is 5.76 Å². The van der Waals surface area contributed by atoms with E-state index in [0.717, 1.165) is 6.26 Å². The molecular formula is C6H10O4. The fourth-order valence-corrected chi connectivity index (χ4v) is 0.759. The van der Waals surface area contributed by atoms with Crippen LogP contribution in [0.2, 0.25) is 0 Å². The van der Waals surface area contributed by atoms with Crippen LogP contribution in [0.4, 0.5) is 0 Å². The van der Waals surface area contributed by atoms with Crippen LogP contribution in [0.5, 0.6) is 0 Å². The predicted molar refractivity (Wildman–Crippen MR) is 33.3 cm³/mol. The van der Waals surface area contributed by atoms with Crippen molar-refractivity contribution in [3.05, 3.63) is 12.0 Å². The highest BCUT2D eigenvalue weighted by Gasteiger charge is 2.30. The number of aliphatic hydroxyl groups is 3. The van der Waals surface area contributed by atoms with E-state index in [-0.39, 0.29) is 5.76 Å². The fraction of sp³-hybridized carbons (Fsp3) is 0.667. The lowest BCUT2D eigenvalue weighted by Crippen LogP contribution is -2.40. The third-order valence-electron chi connectivity index (χ3n) is 1.51. The second-order valence-electron chi connectivity index (χ2n) is 2.32. The Morgan fingerprint density at radius 1 is 1.50 bits per heavy atom. The Kier molecular flexibility index (Phi) is 1.82. The van der Waals surface area contributed by atoms with Gasteiger partial charge in [0.2, 0.25) is 0 Å². The van der Waals surface area contributed by atoms with Crippen LogP contribution >= 0.6 is 0 Å². The number of aliphatic hydroxyl groups excluding tert-OH is 3. The quantitative estimate of drug-likeness (QED) is 0.432. The van der Waals surface area contributed by atoms with E-state index in [4.69, 9.17) is 20.1 Å². The molecule has 1 aliphatic rings. The molecule has 0 saturated carbocycles. The zero-order valence-electron chi connectivity index (χ0n) is 5.56. The van der Waals surface area contributed by atoms with Crippen LogP contribution in [-0.2, 0) is 4.74 Å². The molecule has 0 aromatic heterocycles. The Hall–Kier alpha value is -0.740. The molecule has 3 atom stereocenters. The summed E-state index contributed by atoms with van der Waals surface area (Å²) in [6.07, 6.45) is -1.66. The van der Waals surface area contributed by atoms with Crippen LogP contribution in [0.1, 0.15) is 6.92 Å². The van der Waals surface area contributed by atoms with Crippen molar-refractivity contribution in [3.8, 4) is 0 Å². The molecule has 0 fully saturated rings.